The predicted molar refractivity (Wildman–Crippen MR) is 128 cm³/mol. The number of ether oxygens (including phenoxy) is 1. The van der Waals surface area contributed by atoms with Crippen molar-refractivity contribution < 1.29 is 24.2 Å². The first-order chi connectivity index (χ1) is 16.9. The van der Waals surface area contributed by atoms with Crippen molar-refractivity contribution in [2.24, 2.45) is 7.05 Å². The summed E-state index contributed by atoms with van der Waals surface area (Å²) in [5.41, 5.74) is 4.69. The van der Waals surface area contributed by atoms with E-state index in [-0.39, 0.29) is 42.3 Å². The van der Waals surface area contributed by atoms with Crippen LogP contribution in [0.4, 0.5) is 10.6 Å². The number of carboxylic acid groups (broad SMARTS) is 1. The molecule has 2 N–H and O–H groups in total. The van der Waals surface area contributed by atoms with Gasteiger partial charge in [0.25, 0.3) is 5.91 Å². The van der Waals surface area contributed by atoms with Crippen LogP contribution in [0.15, 0.2) is 54.7 Å². The number of nitrogens with zero attached hydrogens (tertiary/aromatic N) is 3. The Kier molecular flexibility index (Phi) is 5.98. The standard InChI is InChI=1S/C26H26N4O5/c1-29-14-21(25(33)30-12-6-7-16(30)13-23(31)32)24(28-29)27-26(34)35-15-22-19-10-4-2-8-17(19)18-9-3-5-11-20(18)22/h2-5,8-11,14,16,22H,6-7,12-13,15H2,1H3,(H,31,32)(H,27,28,34). The van der Waals surface area contributed by atoms with Gasteiger partial charge in [-0.15, -0.1) is 0 Å². The minimum absolute atomic E-state index is 0.0839. The normalized spacial score (nSPS) is 16.6. The van der Waals surface area contributed by atoms with Crippen LogP contribution in [0, 0.1) is 0 Å². The number of carbonyl (C=O) groups excluding carboxylic acids is 2. The highest BCUT2D eigenvalue weighted by molar-refractivity contribution is 6.02. The van der Waals surface area contributed by atoms with Crippen molar-refractivity contribution >= 4 is 23.8 Å². The Labute approximate surface area is 202 Å². The Bertz CT molecular complexity index is 1250. The lowest BCUT2D eigenvalue weighted by atomic mass is 9.98. The molecule has 35 heavy (non-hydrogen) atoms. The maximum Gasteiger partial charge on any atom is 0.412 e. The first-order valence-corrected chi connectivity index (χ1v) is 11.6. The van der Waals surface area contributed by atoms with Crippen LogP contribution in [0.1, 0.15) is 46.7 Å². The van der Waals surface area contributed by atoms with E-state index in [2.05, 4.69) is 22.5 Å². The third kappa shape index (κ3) is 4.37. The zero-order chi connectivity index (χ0) is 24.5. The molecule has 2 aromatic carbocycles. The predicted octanol–water partition coefficient (Wildman–Crippen LogP) is 3.86. The fourth-order valence-corrected chi connectivity index (χ4v) is 5.14. The van der Waals surface area contributed by atoms with Gasteiger partial charge in [-0.05, 0) is 35.1 Å². The second-order valence-electron chi connectivity index (χ2n) is 8.91. The van der Waals surface area contributed by atoms with Gasteiger partial charge in [-0.1, -0.05) is 48.5 Å². The van der Waals surface area contributed by atoms with Crippen LogP contribution < -0.4 is 5.32 Å². The molecule has 0 saturated carbocycles. The van der Waals surface area contributed by atoms with Gasteiger partial charge in [0.2, 0.25) is 0 Å². The van der Waals surface area contributed by atoms with Gasteiger partial charge in [0, 0.05) is 31.7 Å². The second-order valence-corrected chi connectivity index (χ2v) is 8.91. The number of benzene rings is 2. The quantitative estimate of drug-likeness (QED) is 0.561. The van der Waals surface area contributed by atoms with E-state index in [0.717, 1.165) is 28.7 Å². The van der Waals surface area contributed by atoms with Gasteiger partial charge in [0.1, 0.15) is 12.2 Å². The molecule has 1 unspecified atom stereocenters. The average molecular weight is 475 g/mol. The Morgan fingerprint density at radius 1 is 1.09 bits per heavy atom. The molecule has 1 aliphatic carbocycles. The van der Waals surface area contributed by atoms with Gasteiger partial charge in [0.15, 0.2) is 5.82 Å². The number of hydrogen-bond acceptors (Lipinski definition) is 5. The second kappa shape index (κ2) is 9.25. The number of likely N-dealkylation sites (tertiary alicyclic amines) is 1. The van der Waals surface area contributed by atoms with E-state index in [1.807, 2.05) is 36.4 Å². The van der Waals surface area contributed by atoms with Crippen molar-refractivity contribution in [2.75, 3.05) is 18.5 Å². The van der Waals surface area contributed by atoms with Crippen LogP contribution in [0.5, 0.6) is 0 Å². The first kappa shape index (κ1) is 22.6. The summed E-state index contributed by atoms with van der Waals surface area (Å²) in [6.07, 6.45) is 2.08. The maximum absolute atomic E-state index is 13.2. The fourth-order valence-electron chi connectivity index (χ4n) is 5.14. The molecule has 2 heterocycles. The Hall–Kier alpha value is -4.14. The van der Waals surface area contributed by atoms with E-state index < -0.39 is 12.1 Å². The highest BCUT2D eigenvalue weighted by Crippen LogP contribution is 2.44. The smallest absolute Gasteiger partial charge is 0.412 e. The zero-order valence-electron chi connectivity index (χ0n) is 19.3. The molecule has 1 fully saturated rings. The molecule has 1 aliphatic heterocycles. The monoisotopic (exact) mass is 474 g/mol. The summed E-state index contributed by atoms with van der Waals surface area (Å²) >= 11 is 0. The zero-order valence-corrected chi connectivity index (χ0v) is 19.3. The Morgan fingerprint density at radius 2 is 1.74 bits per heavy atom. The number of aryl methyl sites for hydroxylation is 1. The summed E-state index contributed by atoms with van der Waals surface area (Å²) in [5, 5.41) is 16.0. The number of amides is 2. The van der Waals surface area contributed by atoms with E-state index in [1.165, 1.54) is 10.9 Å². The van der Waals surface area contributed by atoms with E-state index in [9.17, 15) is 14.4 Å². The van der Waals surface area contributed by atoms with Crippen LogP contribution in [0.2, 0.25) is 0 Å². The van der Waals surface area contributed by atoms with Crippen molar-refractivity contribution in [1.82, 2.24) is 14.7 Å². The van der Waals surface area contributed by atoms with Gasteiger partial charge in [-0.25, -0.2) is 4.79 Å². The lowest BCUT2D eigenvalue weighted by Gasteiger charge is -2.23. The number of carbonyl (C=O) groups is 3. The van der Waals surface area contributed by atoms with Crippen molar-refractivity contribution in [3.63, 3.8) is 0 Å². The molecular formula is C26H26N4O5. The van der Waals surface area contributed by atoms with E-state index >= 15 is 0 Å². The molecule has 2 amide bonds. The summed E-state index contributed by atoms with van der Waals surface area (Å²) in [6, 6.07) is 15.8. The molecular weight excluding hydrogens is 448 g/mol. The molecule has 0 bridgehead atoms. The van der Waals surface area contributed by atoms with Gasteiger partial charge < -0.3 is 14.7 Å². The SMILES string of the molecule is Cn1cc(C(=O)N2CCCC2CC(=O)O)c(NC(=O)OCC2c3ccccc3-c3ccccc32)n1. The summed E-state index contributed by atoms with van der Waals surface area (Å²) in [5.74, 6) is -1.29. The number of aromatic nitrogens is 2. The minimum Gasteiger partial charge on any atom is -0.481 e. The molecule has 0 radical (unpaired) electrons. The number of fused-ring (bicyclic) bond motifs is 3. The summed E-state index contributed by atoms with van der Waals surface area (Å²) in [4.78, 5) is 38.6. The molecule has 3 aromatic rings. The number of hydrogen-bond donors (Lipinski definition) is 2. The molecule has 9 heteroatoms. The molecule has 1 saturated heterocycles. The van der Waals surface area contributed by atoms with E-state index in [0.29, 0.717) is 13.0 Å². The Morgan fingerprint density at radius 3 is 2.40 bits per heavy atom. The third-order valence-corrected chi connectivity index (χ3v) is 6.67. The third-order valence-electron chi connectivity index (χ3n) is 6.67. The number of nitrogens with one attached hydrogen (secondary N) is 1. The topological polar surface area (TPSA) is 114 Å². The number of anilines is 1. The van der Waals surface area contributed by atoms with E-state index in [4.69, 9.17) is 9.84 Å². The van der Waals surface area contributed by atoms with Crippen molar-refractivity contribution in [2.45, 2.75) is 31.2 Å². The summed E-state index contributed by atoms with van der Waals surface area (Å²) < 4.78 is 7.02. The van der Waals surface area contributed by atoms with Crippen molar-refractivity contribution in [3.8, 4) is 11.1 Å². The van der Waals surface area contributed by atoms with Crippen LogP contribution in [-0.4, -0.2) is 57.0 Å². The van der Waals surface area contributed by atoms with Crippen LogP contribution >= 0.6 is 0 Å². The lowest BCUT2D eigenvalue weighted by Crippen LogP contribution is -2.37. The van der Waals surface area contributed by atoms with Crippen LogP contribution in [0.25, 0.3) is 11.1 Å². The molecule has 5 rings (SSSR count). The van der Waals surface area contributed by atoms with Gasteiger partial charge in [-0.3, -0.25) is 19.6 Å². The molecule has 0 spiro atoms. The number of carboxylic acids is 1. The fraction of sp³-hybridized carbons (Fsp3) is 0.308. The minimum atomic E-state index is -0.946. The number of aliphatic carboxylic acids is 1. The van der Waals surface area contributed by atoms with E-state index in [1.54, 1.807) is 11.9 Å². The maximum atomic E-state index is 13.2. The number of rotatable bonds is 6. The molecule has 1 aromatic heterocycles. The Balaban J connectivity index is 1.29. The highest BCUT2D eigenvalue weighted by Gasteiger charge is 2.34. The first-order valence-electron chi connectivity index (χ1n) is 11.6. The highest BCUT2D eigenvalue weighted by atomic mass is 16.5. The van der Waals surface area contributed by atoms with Gasteiger partial charge in [0.05, 0.1) is 6.42 Å². The molecule has 1 atom stereocenters. The van der Waals surface area contributed by atoms with Gasteiger partial charge >= 0.3 is 12.1 Å². The summed E-state index contributed by atoms with van der Waals surface area (Å²) in [6.45, 7) is 0.610. The summed E-state index contributed by atoms with van der Waals surface area (Å²) in [7, 11) is 1.65. The lowest BCUT2D eigenvalue weighted by molar-refractivity contribution is -0.137. The molecule has 2 aliphatic rings. The van der Waals surface area contributed by atoms with Crippen LogP contribution in [-0.2, 0) is 16.6 Å². The largest absolute Gasteiger partial charge is 0.481 e. The van der Waals surface area contributed by atoms with Crippen molar-refractivity contribution in [1.29, 1.82) is 0 Å². The van der Waals surface area contributed by atoms with Gasteiger partial charge in [-0.2, -0.15) is 5.10 Å². The van der Waals surface area contributed by atoms with Crippen LogP contribution in [0.3, 0.4) is 0 Å². The molecule has 9 nitrogen and oxygen atoms in total. The van der Waals surface area contributed by atoms with Crippen molar-refractivity contribution in [3.05, 3.63) is 71.4 Å². The average Bonchev–Trinajstić information content (AvgIpc) is 3.53. The molecule has 180 valence electrons.